The molecule has 0 aliphatic rings. The molecule has 0 atom stereocenters. The van der Waals surface area contributed by atoms with E-state index >= 15 is 0 Å². The number of anilines is 1. The summed E-state index contributed by atoms with van der Waals surface area (Å²) in [6.07, 6.45) is 1.52. The van der Waals surface area contributed by atoms with E-state index in [9.17, 15) is 4.79 Å². The van der Waals surface area contributed by atoms with E-state index in [1.165, 1.54) is 6.20 Å². The third kappa shape index (κ3) is 2.12. The number of nitrogens with two attached hydrogens (primary N) is 1. The van der Waals surface area contributed by atoms with E-state index in [4.69, 9.17) is 5.73 Å². The van der Waals surface area contributed by atoms with Gasteiger partial charge >= 0.3 is 0 Å². The molecule has 0 aliphatic heterocycles. The first-order valence-electron chi connectivity index (χ1n) is 4.07. The van der Waals surface area contributed by atoms with Gasteiger partial charge in [-0.1, -0.05) is 13.8 Å². The van der Waals surface area contributed by atoms with Gasteiger partial charge in [0.15, 0.2) is 0 Å². The largest absolute Gasteiger partial charge is 0.394 e. The van der Waals surface area contributed by atoms with Crippen LogP contribution < -0.4 is 11.2 Å². The van der Waals surface area contributed by atoms with Crippen LogP contribution >= 0.6 is 0 Å². The van der Waals surface area contributed by atoms with Crippen molar-refractivity contribution >= 4 is 5.69 Å². The molecule has 0 saturated heterocycles. The molecule has 3 nitrogen and oxygen atoms in total. The summed E-state index contributed by atoms with van der Waals surface area (Å²) in [7, 11) is 0. The smallest absolute Gasteiger partial charge is 0.207 e. The van der Waals surface area contributed by atoms with Crippen LogP contribution in [0.2, 0.25) is 0 Å². The number of nitrogens with one attached hydrogen (secondary N) is 1. The van der Waals surface area contributed by atoms with Crippen molar-refractivity contribution < 1.29 is 0 Å². The SMILES string of the molecule is CC.Cc1[nH]cc(N)c(=O)c1C. The number of aromatic amines is 1. The molecule has 1 heterocycles. The van der Waals surface area contributed by atoms with Crippen LogP contribution in [0.3, 0.4) is 0 Å². The van der Waals surface area contributed by atoms with Gasteiger partial charge < -0.3 is 10.7 Å². The van der Waals surface area contributed by atoms with Crippen molar-refractivity contribution in [3.8, 4) is 0 Å². The molecule has 0 spiro atoms. The molecule has 0 bridgehead atoms. The Labute approximate surface area is 72.6 Å². The average molecular weight is 168 g/mol. The molecule has 3 heteroatoms. The van der Waals surface area contributed by atoms with Crippen LogP contribution in [-0.2, 0) is 0 Å². The minimum absolute atomic E-state index is 0.0729. The Kier molecular flexibility index (Phi) is 4.11. The van der Waals surface area contributed by atoms with Gasteiger partial charge in [-0.3, -0.25) is 4.79 Å². The highest BCUT2D eigenvalue weighted by Gasteiger charge is 1.99. The lowest BCUT2D eigenvalue weighted by Crippen LogP contribution is -2.12. The monoisotopic (exact) mass is 168 g/mol. The number of pyridine rings is 1. The van der Waals surface area contributed by atoms with E-state index in [1.54, 1.807) is 6.92 Å². The average Bonchev–Trinajstić information content (AvgIpc) is 2.12. The molecule has 68 valence electrons. The van der Waals surface area contributed by atoms with Crippen molar-refractivity contribution in [2.75, 3.05) is 5.73 Å². The Morgan fingerprint density at radius 1 is 1.33 bits per heavy atom. The van der Waals surface area contributed by atoms with Crippen LogP contribution in [0.15, 0.2) is 11.0 Å². The second-order valence-corrected chi connectivity index (χ2v) is 2.32. The Morgan fingerprint density at radius 3 is 2.25 bits per heavy atom. The molecule has 0 unspecified atom stereocenters. The van der Waals surface area contributed by atoms with Crippen molar-refractivity contribution in [2.24, 2.45) is 0 Å². The molecule has 0 radical (unpaired) electrons. The second-order valence-electron chi connectivity index (χ2n) is 2.32. The summed E-state index contributed by atoms with van der Waals surface area (Å²) >= 11 is 0. The first-order valence-corrected chi connectivity index (χ1v) is 4.07. The van der Waals surface area contributed by atoms with Gasteiger partial charge in [0.05, 0.1) is 5.69 Å². The van der Waals surface area contributed by atoms with Gasteiger partial charge in [-0.05, 0) is 13.8 Å². The maximum Gasteiger partial charge on any atom is 0.207 e. The van der Waals surface area contributed by atoms with E-state index in [-0.39, 0.29) is 11.1 Å². The second kappa shape index (κ2) is 4.59. The van der Waals surface area contributed by atoms with E-state index in [0.29, 0.717) is 5.56 Å². The summed E-state index contributed by atoms with van der Waals surface area (Å²) in [6, 6.07) is 0. The Morgan fingerprint density at radius 2 is 1.83 bits per heavy atom. The van der Waals surface area contributed by atoms with Crippen molar-refractivity contribution in [2.45, 2.75) is 27.7 Å². The van der Waals surface area contributed by atoms with Crippen molar-refractivity contribution in [1.29, 1.82) is 0 Å². The number of hydrogen-bond donors (Lipinski definition) is 2. The number of H-pyrrole nitrogens is 1. The van der Waals surface area contributed by atoms with Crippen molar-refractivity contribution in [3.63, 3.8) is 0 Å². The number of aryl methyl sites for hydroxylation is 1. The molecule has 0 saturated carbocycles. The number of hydrogen-bond acceptors (Lipinski definition) is 2. The van der Waals surface area contributed by atoms with Crippen LogP contribution in [0.4, 0.5) is 5.69 Å². The standard InChI is InChI=1S/C7H10N2O.C2H6/c1-4-5(2)9-3-6(8)7(4)10;1-2/h3H,8H2,1-2H3,(H,9,10);1-2H3. The molecule has 0 aliphatic carbocycles. The Balaban J connectivity index is 0.000000561. The van der Waals surface area contributed by atoms with Crippen LogP contribution in [0.1, 0.15) is 25.1 Å². The van der Waals surface area contributed by atoms with Gasteiger partial charge in [-0.2, -0.15) is 0 Å². The lowest BCUT2D eigenvalue weighted by atomic mass is 10.2. The molecule has 0 fully saturated rings. The van der Waals surface area contributed by atoms with Crippen molar-refractivity contribution in [1.82, 2.24) is 4.98 Å². The highest BCUT2D eigenvalue weighted by Crippen LogP contribution is 1.98. The first kappa shape index (κ1) is 10.8. The fourth-order valence-electron chi connectivity index (χ4n) is 0.747. The van der Waals surface area contributed by atoms with Gasteiger partial charge in [0.25, 0.3) is 0 Å². The maximum absolute atomic E-state index is 11.0. The molecule has 1 rings (SSSR count). The third-order valence-corrected chi connectivity index (χ3v) is 1.61. The zero-order chi connectivity index (χ0) is 9.72. The molecule has 3 N–H and O–H groups in total. The van der Waals surface area contributed by atoms with Crippen LogP contribution in [0, 0.1) is 13.8 Å². The summed E-state index contributed by atoms with van der Waals surface area (Å²) in [4.78, 5) is 13.9. The molecular formula is C9H16N2O. The molecular weight excluding hydrogens is 152 g/mol. The highest BCUT2D eigenvalue weighted by atomic mass is 16.1. The lowest BCUT2D eigenvalue weighted by molar-refractivity contribution is 1.13. The summed E-state index contributed by atoms with van der Waals surface area (Å²) < 4.78 is 0. The maximum atomic E-state index is 11.0. The minimum atomic E-state index is -0.0729. The Bertz CT molecular complexity index is 302. The van der Waals surface area contributed by atoms with Crippen LogP contribution in [-0.4, -0.2) is 4.98 Å². The van der Waals surface area contributed by atoms with Crippen LogP contribution in [0.25, 0.3) is 0 Å². The number of rotatable bonds is 0. The van der Waals surface area contributed by atoms with E-state index in [2.05, 4.69) is 4.98 Å². The normalized spacial score (nSPS) is 8.67. The minimum Gasteiger partial charge on any atom is -0.394 e. The fourth-order valence-corrected chi connectivity index (χ4v) is 0.747. The quantitative estimate of drug-likeness (QED) is 0.618. The number of nitrogen functional groups attached to an aromatic ring is 1. The molecule has 1 aromatic rings. The van der Waals surface area contributed by atoms with Crippen LogP contribution in [0.5, 0.6) is 0 Å². The van der Waals surface area contributed by atoms with E-state index in [1.807, 2.05) is 20.8 Å². The molecule has 12 heavy (non-hydrogen) atoms. The summed E-state index contributed by atoms with van der Waals surface area (Å²) in [5.74, 6) is 0. The van der Waals surface area contributed by atoms with Crippen molar-refractivity contribution in [3.05, 3.63) is 27.7 Å². The zero-order valence-corrected chi connectivity index (χ0v) is 8.06. The van der Waals surface area contributed by atoms with E-state index < -0.39 is 0 Å². The van der Waals surface area contributed by atoms with Gasteiger partial charge in [-0.15, -0.1) is 0 Å². The molecule has 0 amide bonds. The zero-order valence-electron chi connectivity index (χ0n) is 8.06. The van der Waals surface area contributed by atoms with E-state index in [0.717, 1.165) is 5.69 Å². The third-order valence-electron chi connectivity index (χ3n) is 1.61. The highest BCUT2D eigenvalue weighted by molar-refractivity contribution is 5.39. The number of aromatic nitrogens is 1. The fraction of sp³-hybridized carbons (Fsp3) is 0.444. The predicted octanol–water partition coefficient (Wildman–Crippen LogP) is 1.60. The lowest BCUT2D eigenvalue weighted by Gasteiger charge is -1.98. The van der Waals surface area contributed by atoms with Gasteiger partial charge in [0.2, 0.25) is 5.43 Å². The van der Waals surface area contributed by atoms with Gasteiger partial charge in [0.1, 0.15) is 0 Å². The van der Waals surface area contributed by atoms with Gasteiger partial charge in [-0.25, -0.2) is 0 Å². The summed E-state index contributed by atoms with van der Waals surface area (Å²) in [6.45, 7) is 7.60. The van der Waals surface area contributed by atoms with Gasteiger partial charge in [0, 0.05) is 17.5 Å². The topological polar surface area (TPSA) is 58.9 Å². The molecule has 1 aromatic heterocycles. The summed E-state index contributed by atoms with van der Waals surface area (Å²) in [5.41, 5.74) is 7.12. The Hall–Kier alpha value is -1.25. The predicted molar refractivity (Wildman–Crippen MR) is 52.3 cm³/mol. The molecule has 0 aromatic carbocycles. The first-order chi connectivity index (χ1) is 5.63. The summed E-state index contributed by atoms with van der Waals surface area (Å²) in [5, 5.41) is 0.